The molecule has 0 spiro atoms. The highest BCUT2D eigenvalue weighted by Crippen LogP contribution is 2.43. The second-order valence-corrected chi connectivity index (χ2v) is 6.91. The molecule has 0 unspecified atom stereocenters. The van der Waals surface area contributed by atoms with E-state index in [9.17, 15) is 0 Å². The topological polar surface area (TPSA) is 70.6 Å². The van der Waals surface area contributed by atoms with Gasteiger partial charge in [0.05, 0.1) is 6.04 Å². The fourth-order valence-corrected chi connectivity index (χ4v) is 3.36. The van der Waals surface area contributed by atoms with Gasteiger partial charge >= 0.3 is 0 Å². The summed E-state index contributed by atoms with van der Waals surface area (Å²) < 4.78 is 0. The zero-order valence-corrected chi connectivity index (χ0v) is 14.7. The lowest BCUT2D eigenvalue weighted by Gasteiger charge is -2.35. The van der Waals surface area contributed by atoms with Crippen molar-refractivity contribution in [1.29, 1.82) is 0 Å². The van der Waals surface area contributed by atoms with Crippen molar-refractivity contribution in [2.75, 3.05) is 31.1 Å². The maximum absolute atomic E-state index is 6.24. The minimum Gasteiger partial charge on any atom is -0.370 e. The molecule has 1 saturated carbocycles. The van der Waals surface area contributed by atoms with Gasteiger partial charge in [-0.25, -0.2) is 15.0 Å². The highest BCUT2D eigenvalue weighted by atomic mass is 35.5. The van der Waals surface area contributed by atoms with Crippen molar-refractivity contribution < 1.29 is 0 Å². The molecule has 2 atom stereocenters. The molecule has 7 heteroatoms. The lowest BCUT2D eigenvalue weighted by Crippen LogP contribution is -2.51. The van der Waals surface area contributed by atoms with Crippen LogP contribution in [0.15, 0.2) is 47.7 Å². The Kier molecular flexibility index (Phi) is 4.44. The van der Waals surface area contributed by atoms with E-state index in [4.69, 9.17) is 22.3 Å². The van der Waals surface area contributed by atoms with E-state index in [0.29, 0.717) is 11.9 Å². The average molecular weight is 357 g/mol. The smallest absolute Gasteiger partial charge is 0.225 e. The zero-order chi connectivity index (χ0) is 17.2. The van der Waals surface area contributed by atoms with E-state index < -0.39 is 0 Å². The number of aliphatic imine (C=N–C) groups is 1. The van der Waals surface area contributed by atoms with Crippen LogP contribution >= 0.6 is 11.6 Å². The van der Waals surface area contributed by atoms with Gasteiger partial charge in [0.1, 0.15) is 0 Å². The van der Waals surface area contributed by atoms with Crippen LogP contribution in [0.5, 0.6) is 0 Å². The van der Waals surface area contributed by atoms with Gasteiger partial charge in [0, 0.05) is 49.5 Å². The van der Waals surface area contributed by atoms with E-state index in [1.54, 1.807) is 12.4 Å². The average Bonchev–Trinajstić information content (AvgIpc) is 3.42. The van der Waals surface area contributed by atoms with Crippen LogP contribution in [0.25, 0.3) is 0 Å². The molecule has 6 nitrogen and oxygen atoms in total. The number of hydrogen-bond acceptors (Lipinski definition) is 4. The Morgan fingerprint density at radius 1 is 1.08 bits per heavy atom. The Morgan fingerprint density at radius 2 is 1.76 bits per heavy atom. The lowest BCUT2D eigenvalue weighted by atomic mass is 10.1. The fraction of sp³-hybridized carbons (Fsp3) is 0.389. The van der Waals surface area contributed by atoms with Gasteiger partial charge in [-0.15, -0.1) is 0 Å². The van der Waals surface area contributed by atoms with Crippen LogP contribution in [-0.2, 0) is 0 Å². The van der Waals surface area contributed by atoms with E-state index >= 15 is 0 Å². The number of aromatic nitrogens is 2. The highest BCUT2D eigenvalue weighted by Gasteiger charge is 2.39. The molecule has 0 radical (unpaired) electrons. The Bertz CT molecular complexity index is 740. The number of hydrogen-bond donors (Lipinski definition) is 1. The van der Waals surface area contributed by atoms with E-state index in [-0.39, 0.29) is 6.04 Å². The van der Waals surface area contributed by atoms with E-state index in [0.717, 1.165) is 43.6 Å². The molecule has 1 aromatic carbocycles. The van der Waals surface area contributed by atoms with Crippen molar-refractivity contribution in [2.45, 2.75) is 18.4 Å². The molecule has 1 aliphatic heterocycles. The van der Waals surface area contributed by atoms with Gasteiger partial charge in [0.25, 0.3) is 0 Å². The van der Waals surface area contributed by atoms with Gasteiger partial charge < -0.3 is 15.5 Å². The zero-order valence-electron chi connectivity index (χ0n) is 13.9. The maximum atomic E-state index is 6.24. The summed E-state index contributed by atoms with van der Waals surface area (Å²) in [7, 11) is 0. The predicted molar refractivity (Wildman–Crippen MR) is 100 cm³/mol. The first kappa shape index (κ1) is 16.1. The molecule has 1 aromatic heterocycles. The SMILES string of the molecule is NC(=N[C@@H]1C[C@H]1c1ccc(Cl)cc1)N1CCN(c2ncccn2)CC1. The summed E-state index contributed by atoms with van der Waals surface area (Å²) >= 11 is 5.95. The molecule has 2 aromatic rings. The molecule has 4 rings (SSSR count). The quantitative estimate of drug-likeness (QED) is 0.673. The Hall–Kier alpha value is -2.34. The van der Waals surface area contributed by atoms with Gasteiger partial charge in [-0.3, -0.25) is 0 Å². The summed E-state index contributed by atoms with van der Waals surface area (Å²) in [4.78, 5) is 17.7. The third-order valence-corrected chi connectivity index (χ3v) is 5.04. The van der Waals surface area contributed by atoms with Gasteiger partial charge in [-0.05, 0) is 30.2 Å². The number of guanidine groups is 1. The number of rotatable bonds is 3. The van der Waals surface area contributed by atoms with Crippen LogP contribution in [0.3, 0.4) is 0 Å². The Labute approximate surface area is 152 Å². The number of nitrogens with zero attached hydrogens (tertiary/aromatic N) is 5. The van der Waals surface area contributed by atoms with Crippen LogP contribution in [-0.4, -0.2) is 53.0 Å². The van der Waals surface area contributed by atoms with E-state index in [2.05, 4.69) is 31.9 Å². The first-order valence-corrected chi connectivity index (χ1v) is 8.94. The third kappa shape index (κ3) is 3.69. The van der Waals surface area contributed by atoms with Crippen LogP contribution in [0.2, 0.25) is 5.02 Å². The summed E-state index contributed by atoms with van der Waals surface area (Å²) in [5.74, 6) is 1.90. The Morgan fingerprint density at radius 3 is 2.44 bits per heavy atom. The summed E-state index contributed by atoms with van der Waals surface area (Å²) in [5, 5.41) is 0.768. The molecule has 1 aliphatic carbocycles. The van der Waals surface area contributed by atoms with Crippen LogP contribution < -0.4 is 10.6 Å². The number of anilines is 1. The number of benzene rings is 1. The minimum atomic E-state index is 0.289. The molecule has 0 bridgehead atoms. The summed E-state index contributed by atoms with van der Waals surface area (Å²) in [6.45, 7) is 3.38. The van der Waals surface area contributed by atoms with Crippen LogP contribution in [0, 0.1) is 0 Å². The number of nitrogens with two attached hydrogens (primary N) is 1. The molecule has 130 valence electrons. The fourth-order valence-electron chi connectivity index (χ4n) is 3.23. The summed E-state index contributed by atoms with van der Waals surface area (Å²) in [6, 6.07) is 10.1. The molecule has 1 saturated heterocycles. The second kappa shape index (κ2) is 6.88. The molecular weight excluding hydrogens is 336 g/mol. The standard InChI is InChI=1S/C18H21ClN6/c19-14-4-2-13(3-5-14)15-12-16(15)23-17(20)24-8-10-25(11-9-24)18-21-6-1-7-22-18/h1-7,15-16H,8-12H2,(H2,20,23)/t15-,16+/m0/s1. The van der Waals surface area contributed by atoms with Crippen molar-refractivity contribution in [3.63, 3.8) is 0 Å². The normalized spacial score (nSPS) is 23.6. The molecule has 25 heavy (non-hydrogen) atoms. The monoisotopic (exact) mass is 356 g/mol. The van der Waals surface area contributed by atoms with Gasteiger partial charge in [-0.1, -0.05) is 23.7 Å². The Balaban J connectivity index is 1.33. The number of piperazine rings is 1. The van der Waals surface area contributed by atoms with E-state index in [1.807, 2.05) is 18.2 Å². The van der Waals surface area contributed by atoms with Crippen molar-refractivity contribution >= 4 is 23.5 Å². The van der Waals surface area contributed by atoms with Crippen LogP contribution in [0.4, 0.5) is 5.95 Å². The summed E-state index contributed by atoms with van der Waals surface area (Å²) in [5.41, 5.74) is 7.53. The molecule has 2 N–H and O–H groups in total. The van der Waals surface area contributed by atoms with E-state index in [1.165, 1.54) is 5.56 Å². The van der Waals surface area contributed by atoms with Crippen LogP contribution in [0.1, 0.15) is 17.9 Å². The summed E-state index contributed by atoms with van der Waals surface area (Å²) in [6.07, 6.45) is 4.60. The number of halogens is 1. The second-order valence-electron chi connectivity index (χ2n) is 6.47. The third-order valence-electron chi connectivity index (χ3n) is 4.79. The highest BCUT2D eigenvalue weighted by molar-refractivity contribution is 6.30. The first-order valence-electron chi connectivity index (χ1n) is 8.56. The van der Waals surface area contributed by atoms with Gasteiger partial charge in [0.2, 0.25) is 5.95 Å². The molecule has 2 fully saturated rings. The maximum Gasteiger partial charge on any atom is 0.225 e. The molecule has 2 heterocycles. The largest absolute Gasteiger partial charge is 0.370 e. The van der Waals surface area contributed by atoms with Crippen molar-refractivity contribution in [3.8, 4) is 0 Å². The lowest BCUT2D eigenvalue weighted by molar-refractivity contribution is 0.378. The minimum absolute atomic E-state index is 0.289. The van der Waals surface area contributed by atoms with Crippen molar-refractivity contribution in [3.05, 3.63) is 53.3 Å². The first-order chi connectivity index (χ1) is 12.2. The van der Waals surface area contributed by atoms with Gasteiger partial charge in [0.15, 0.2) is 5.96 Å². The van der Waals surface area contributed by atoms with Crippen molar-refractivity contribution in [2.24, 2.45) is 10.7 Å². The molecular formula is C18H21ClN6. The molecule has 2 aliphatic rings. The van der Waals surface area contributed by atoms with Gasteiger partial charge in [-0.2, -0.15) is 0 Å². The molecule has 0 amide bonds. The van der Waals surface area contributed by atoms with Crippen molar-refractivity contribution in [1.82, 2.24) is 14.9 Å². The predicted octanol–water partition coefficient (Wildman–Crippen LogP) is 2.12.